The number of thiazole rings is 1. The first kappa shape index (κ1) is 20.5. The number of nitrogens with one attached hydrogen (secondary N) is 2. The first-order valence-electron chi connectivity index (χ1n) is 9.33. The molecular weight excluding hydrogens is 423 g/mol. The van der Waals surface area contributed by atoms with E-state index in [2.05, 4.69) is 9.71 Å². The minimum Gasteiger partial charge on any atom is -0.312 e. The van der Waals surface area contributed by atoms with Gasteiger partial charge in [-0.3, -0.25) is 4.79 Å². The van der Waals surface area contributed by atoms with Crippen LogP contribution in [0, 0.1) is 5.82 Å². The maximum atomic E-state index is 14.2. The largest absolute Gasteiger partial charge is 0.312 e. The average Bonchev–Trinajstić information content (AvgIpc) is 3.12. The second kappa shape index (κ2) is 8.51. The smallest absolute Gasteiger partial charge is 0.305 e. The van der Waals surface area contributed by atoms with Crippen LogP contribution in [0.1, 0.15) is 17.0 Å². The highest BCUT2D eigenvalue weighted by atomic mass is 32.2. The van der Waals surface area contributed by atoms with Crippen molar-refractivity contribution in [1.29, 1.82) is 0 Å². The highest BCUT2D eigenvalue weighted by Gasteiger charge is 2.20. The number of fused-ring (bicyclic) bond motifs is 1. The van der Waals surface area contributed by atoms with E-state index in [1.807, 2.05) is 30.3 Å². The lowest BCUT2D eigenvalue weighted by molar-refractivity contribution is 0.560. The van der Waals surface area contributed by atoms with Crippen LogP contribution in [0.15, 0.2) is 82.5 Å². The van der Waals surface area contributed by atoms with Crippen LogP contribution in [0.5, 0.6) is 0 Å². The molecule has 30 heavy (non-hydrogen) atoms. The van der Waals surface area contributed by atoms with Crippen molar-refractivity contribution in [3.63, 3.8) is 0 Å². The molecule has 0 aliphatic heterocycles. The standard InChI is InChI=1S/C22H19FN2O3S2/c23-19-9-5-4-8-16(19)12-17(15-6-2-1-3-7-15)14-24-30(27,28)18-10-11-20-21(13-18)29-22(26)25-20/h1-11,13,17,24H,12,14H2,(H,25,26). The monoisotopic (exact) mass is 442 g/mol. The number of rotatable bonds is 7. The van der Waals surface area contributed by atoms with E-state index in [0.29, 0.717) is 22.2 Å². The fourth-order valence-electron chi connectivity index (χ4n) is 3.35. The lowest BCUT2D eigenvalue weighted by Gasteiger charge is -2.19. The van der Waals surface area contributed by atoms with Gasteiger partial charge in [0.2, 0.25) is 10.0 Å². The maximum Gasteiger partial charge on any atom is 0.305 e. The minimum absolute atomic E-state index is 0.0861. The highest BCUT2D eigenvalue weighted by Crippen LogP contribution is 2.24. The second-order valence-electron chi connectivity index (χ2n) is 6.93. The van der Waals surface area contributed by atoms with Gasteiger partial charge in [-0.25, -0.2) is 17.5 Å². The maximum absolute atomic E-state index is 14.2. The third-order valence-electron chi connectivity index (χ3n) is 4.92. The van der Waals surface area contributed by atoms with Gasteiger partial charge in [0, 0.05) is 12.5 Å². The zero-order valence-electron chi connectivity index (χ0n) is 15.8. The Hall–Kier alpha value is -2.81. The Labute approximate surface area is 177 Å². The summed E-state index contributed by atoms with van der Waals surface area (Å²) in [4.78, 5) is 14.0. The SMILES string of the molecule is O=c1[nH]c2ccc(S(=O)(=O)NCC(Cc3ccccc3F)c3ccccc3)cc2s1. The van der Waals surface area contributed by atoms with Crippen molar-refractivity contribution in [2.45, 2.75) is 17.2 Å². The van der Waals surface area contributed by atoms with Crippen molar-refractivity contribution < 1.29 is 12.8 Å². The van der Waals surface area contributed by atoms with Crippen molar-refractivity contribution in [3.8, 4) is 0 Å². The number of benzene rings is 3. The Morgan fingerprint density at radius 3 is 2.50 bits per heavy atom. The molecule has 0 aliphatic carbocycles. The molecule has 8 heteroatoms. The lowest BCUT2D eigenvalue weighted by atomic mass is 9.92. The van der Waals surface area contributed by atoms with Crippen LogP contribution in [0.25, 0.3) is 10.2 Å². The Bertz CT molecular complexity index is 1330. The van der Waals surface area contributed by atoms with Crippen LogP contribution >= 0.6 is 11.3 Å². The summed E-state index contributed by atoms with van der Waals surface area (Å²) in [6, 6.07) is 20.5. The van der Waals surface area contributed by atoms with E-state index in [0.717, 1.165) is 16.9 Å². The summed E-state index contributed by atoms with van der Waals surface area (Å²) in [5.74, 6) is -0.556. The summed E-state index contributed by atoms with van der Waals surface area (Å²) in [6.07, 6.45) is 0.359. The Balaban J connectivity index is 1.59. The van der Waals surface area contributed by atoms with Crippen LogP contribution in [0.3, 0.4) is 0 Å². The molecule has 1 heterocycles. The molecule has 3 aromatic carbocycles. The normalized spacial score (nSPS) is 12.8. The molecule has 0 spiro atoms. The highest BCUT2D eigenvalue weighted by molar-refractivity contribution is 7.89. The number of aromatic nitrogens is 1. The molecule has 4 rings (SSSR count). The molecule has 5 nitrogen and oxygen atoms in total. The molecule has 154 valence electrons. The van der Waals surface area contributed by atoms with Crippen molar-refractivity contribution in [3.05, 3.63) is 99.4 Å². The van der Waals surface area contributed by atoms with E-state index in [1.165, 1.54) is 18.2 Å². The molecule has 0 radical (unpaired) electrons. The number of hydrogen-bond donors (Lipinski definition) is 2. The zero-order chi connectivity index (χ0) is 21.1. The van der Waals surface area contributed by atoms with Gasteiger partial charge >= 0.3 is 4.87 Å². The van der Waals surface area contributed by atoms with Gasteiger partial charge in [0.05, 0.1) is 15.1 Å². The van der Waals surface area contributed by atoms with Crippen LogP contribution in [0.4, 0.5) is 4.39 Å². The van der Waals surface area contributed by atoms with Crippen molar-refractivity contribution >= 4 is 31.6 Å². The van der Waals surface area contributed by atoms with Gasteiger partial charge in [-0.15, -0.1) is 0 Å². The summed E-state index contributed by atoms with van der Waals surface area (Å²) in [5, 5.41) is 0. The van der Waals surface area contributed by atoms with Crippen molar-refractivity contribution in [1.82, 2.24) is 9.71 Å². The molecule has 4 aromatic rings. The molecular formula is C22H19FN2O3S2. The molecule has 0 bridgehead atoms. The van der Waals surface area contributed by atoms with Gasteiger partial charge in [0.25, 0.3) is 0 Å². The second-order valence-corrected chi connectivity index (χ2v) is 9.71. The molecule has 0 aliphatic rings. The van der Waals surface area contributed by atoms with Gasteiger partial charge < -0.3 is 4.98 Å². The number of sulfonamides is 1. The van der Waals surface area contributed by atoms with Crippen molar-refractivity contribution in [2.75, 3.05) is 6.54 Å². The number of hydrogen-bond acceptors (Lipinski definition) is 4. The summed E-state index contributed by atoms with van der Waals surface area (Å²) >= 11 is 0.962. The lowest BCUT2D eigenvalue weighted by Crippen LogP contribution is -2.29. The topological polar surface area (TPSA) is 79.0 Å². The van der Waals surface area contributed by atoms with E-state index < -0.39 is 10.0 Å². The van der Waals surface area contributed by atoms with Gasteiger partial charge in [-0.2, -0.15) is 0 Å². The predicted octanol–water partition coefficient (Wildman–Crippen LogP) is 4.03. The van der Waals surface area contributed by atoms with Gasteiger partial charge in [0.15, 0.2) is 0 Å². The van der Waals surface area contributed by atoms with Gasteiger partial charge in [-0.1, -0.05) is 59.9 Å². The molecule has 0 amide bonds. The zero-order valence-corrected chi connectivity index (χ0v) is 17.5. The summed E-state index contributed by atoms with van der Waals surface area (Å²) in [5.41, 5.74) is 2.05. The first-order valence-corrected chi connectivity index (χ1v) is 11.6. The molecule has 0 saturated carbocycles. The van der Waals surface area contributed by atoms with E-state index in [9.17, 15) is 17.6 Å². The van der Waals surface area contributed by atoms with E-state index in [4.69, 9.17) is 0 Å². The van der Waals surface area contributed by atoms with E-state index in [1.54, 1.807) is 24.3 Å². The fraction of sp³-hybridized carbons (Fsp3) is 0.136. The Morgan fingerprint density at radius 2 is 1.73 bits per heavy atom. The number of H-pyrrole nitrogens is 1. The van der Waals surface area contributed by atoms with Crippen LogP contribution in [-0.4, -0.2) is 19.9 Å². The summed E-state index contributed by atoms with van der Waals surface area (Å²) in [6.45, 7) is 0.113. The summed E-state index contributed by atoms with van der Waals surface area (Å²) < 4.78 is 43.2. The molecule has 2 N–H and O–H groups in total. The average molecular weight is 443 g/mol. The molecule has 1 aromatic heterocycles. The Morgan fingerprint density at radius 1 is 1.00 bits per heavy atom. The number of halogens is 1. The third-order valence-corrected chi connectivity index (χ3v) is 7.18. The molecule has 0 saturated heterocycles. The van der Waals surface area contributed by atoms with Gasteiger partial charge in [0.1, 0.15) is 5.82 Å². The first-order chi connectivity index (χ1) is 14.4. The van der Waals surface area contributed by atoms with Crippen LogP contribution in [-0.2, 0) is 16.4 Å². The Kier molecular flexibility index (Phi) is 5.80. The molecule has 1 atom stereocenters. The quantitative estimate of drug-likeness (QED) is 0.454. The molecule has 0 fully saturated rings. The summed E-state index contributed by atoms with van der Waals surface area (Å²) in [7, 11) is -3.80. The predicted molar refractivity (Wildman–Crippen MR) is 117 cm³/mol. The minimum atomic E-state index is -3.80. The van der Waals surface area contributed by atoms with Crippen LogP contribution in [0.2, 0.25) is 0 Å². The van der Waals surface area contributed by atoms with E-state index >= 15 is 0 Å². The molecule has 1 unspecified atom stereocenters. The van der Waals surface area contributed by atoms with Gasteiger partial charge in [-0.05, 0) is 41.8 Å². The number of aromatic amines is 1. The van der Waals surface area contributed by atoms with E-state index in [-0.39, 0.29) is 28.0 Å². The third kappa shape index (κ3) is 4.51. The van der Waals surface area contributed by atoms with Crippen LogP contribution < -0.4 is 9.60 Å². The fourth-order valence-corrected chi connectivity index (χ4v) is 5.31. The van der Waals surface area contributed by atoms with Crippen molar-refractivity contribution in [2.24, 2.45) is 0 Å².